The number of hydrogen-bond acceptors (Lipinski definition) is 3. The Labute approximate surface area is 96.1 Å². The van der Waals surface area contributed by atoms with Crippen LogP contribution in [0.5, 0.6) is 0 Å². The second-order valence-corrected chi connectivity index (χ2v) is 4.76. The minimum atomic E-state index is -0.781. The van der Waals surface area contributed by atoms with E-state index in [2.05, 4.69) is 13.8 Å². The van der Waals surface area contributed by atoms with E-state index in [1.165, 1.54) is 0 Å². The molecule has 0 spiro atoms. The topological polar surface area (TPSA) is 89.4 Å². The number of nitrogens with two attached hydrogens (primary N) is 2. The quantitative estimate of drug-likeness (QED) is 0.699. The third-order valence-corrected chi connectivity index (χ3v) is 3.09. The van der Waals surface area contributed by atoms with E-state index in [1.807, 2.05) is 0 Å². The number of carbonyl (C=O) groups is 2. The highest BCUT2D eigenvalue weighted by Gasteiger charge is 2.33. The highest BCUT2D eigenvalue weighted by atomic mass is 16.2. The third-order valence-electron chi connectivity index (χ3n) is 3.09. The summed E-state index contributed by atoms with van der Waals surface area (Å²) in [5.74, 6) is -0.247. The van der Waals surface area contributed by atoms with Crippen LogP contribution in [0.3, 0.4) is 0 Å². The van der Waals surface area contributed by atoms with Gasteiger partial charge >= 0.3 is 0 Å². The van der Waals surface area contributed by atoms with Gasteiger partial charge in [-0.2, -0.15) is 0 Å². The molecule has 1 heterocycles. The van der Waals surface area contributed by atoms with Crippen molar-refractivity contribution in [1.82, 2.24) is 4.90 Å². The summed E-state index contributed by atoms with van der Waals surface area (Å²) in [5.41, 5.74) is 10.7. The van der Waals surface area contributed by atoms with Crippen molar-refractivity contribution in [2.75, 3.05) is 6.54 Å². The first kappa shape index (κ1) is 13.0. The highest BCUT2D eigenvalue weighted by Crippen LogP contribution is 2.24. The maximum atomic E-state index is 12.0. The number of rotatable bonds is 4. The van der Waals surface area contributed by atoms with Gasteiger partial charge in [-0.15, -0.1) is 0 Å². The minimum absolute atomic E-state index is 0.0693. The van der Waals surface area contributed by atoms with Gasteiger partial charge in [0.1, 0.15) is 0 Å². The van der Waals surface area contributed by atoms with Crippen LogP contribution in [0, 0.1) is 5.92 Å². The van der Waals surface area contributed by atoms with Crippen LogP contribution >= 0.6 is 0 Å². The van der Waals surface area contributed by atoms with Gasteiger partial charge < -0.3 is 16.4 Å². The van der Waals surface area contributed by atoms with Crippen molar-refractivity contribution in [1.29, 1.82) is 0 Å². The molecule has 0 aromatic heterocycles. The lowest BCUT2D eigenvalue weighted by Crippen LogP contribution is -2.48. The van der Waals surface area contributed by atoms with Gasteiger partial charge in [-0.25, -0.2) is 0 Å². The fraction of sp³-hybridized carbons (Fsp3) is 0.818. The molecule has 0 aliphatic carbocycles. The Bertz CT molecular complexity index is 278. The first-order chi connectivity index (χ1) is 7.43. The van der Waals surface area contributed by atoms with Crippen LogP contribution in [-0.2, 0) is 9.59 Å². The minimum Gasteiger partial charge on any atom is -0.370 e. The predicted octanol–water partition coefficient (Wildman–Crippen LogP) is -0.164. The zero-order valence-corrected chi connectivity index (χ0v) is 9.98. The van der Waals surface area contributed by atoms with Crippen LogP contribution in [0.4, 0.5) is 0 Å². The van der Waals surface area contributed by atoms with E-state index in [0.717, 1.165) is 19.4 Å². The Morgan fingerprint density at radius 1 is 1.44 bits per heavy atom. The second-order valence-electron chi connectivity index (χ2n) is 4.76. The summed E-state index contributed by atoms with van der Waals surface area (Å²) in [7, 11) is 0. The van der Waals surface area contributed by atoms with Gasteiger partial charge in [0.05, 0.1) is 12.5 Å². The molecule has 16 heavy (non-hydrogen) atoms. The first-order valence-corrected chi connectivity index (χ1v) is 5.78. The van der Waals surface area contributed by atoms with Gasteiger partial charge in [0.15, 0.2) is 0 Å². The molecular formula is C11H21N3O2. The highest BCUT2D eigenvalue weighted by molar-refractivity contribution is 5.87. The van der Waals surface area contributed by atoms with Crippen molar-refractivity contribution in [2.45, 2.75) is 45.2 Å². The standard InChI is InChI=1S/C11H21N3O2/c1-7(2)9-4-3-5-14(9)11(16)8(12)6-10(13)15/h7-9H,3-6,12H2,1-2H3,(H2,13,15). The smallest absolute Gasteiger partial charge is 0.240 e. The average molecular weight is 227 g/mol. The Balaban J connectivity index is 2.62. The lowest BCUT2D eigenvalue weighted by Gasteiger charge is -2.29. The van der Waals surface area contributed by atoms with Gasteiger partial charge in [0.25, 0.3) is 0 Å². The summed E-state index contributed by atoms with van der Waals surface area (Å²) < 4.78 is 0. The molecule has 0 aromatic rings. The molecule has 1 rings (SSSR count). The number of amides is 2. The molecule has 0 bridgehead atoms. The molecule has 2 unspecified atom stereocenters. The molecule has 5 heteroatoms. The van der Waals surface area contributed by atoms with Crippen molar-refractivity contribution in [3.63, 3.8) is 0 Å². The van der Waals surface area contributed by atoms with Gasteiger partial charge in [-0.3, -0.25) is 9.59 Å². The van der Waals surface area contributed by atoms with Crippen molar-refractivity contribution in [3.8, 4) is 0 Å². The number of hydrogen-bond donors (Lipinski definition) is 2. The summed E-state index contributed by atoms with van der Waals surface area (Å²) in [4.78, 5) is 24.5. The average Bonchev–Trinajstić information content (AvgIpc) is 2.63. The normalized spacial score (nSPS) is 22.5. The number of carbonyl (C=O) groups excluding carboxylic acids is 2. The molecule has 0 radical (unpaired) electrons. The number of primary amides is 1. The zero-order valence-electron chi connectivity index (χ0n) is 9.98. The zero-order chi connectivity index (χ0) is 12.3. The molecular weight excluding hydrogens is 206 g/mol. The molecule has 0 saturated carbocycles. The molecule has 92 valence electrons. The van der Waals surface area contributed by atoms with Crippen LogP contribution < -0.4 is 11.5 Å². The third kappa shape index (κ3) is 2.95. The van der Waals surface area contributed by atoms with Crippen molar-refractivity contribution in [2.24, 2.45) is 17.4 Å². The van der Waals surface area contributed by atoms with Crippen LogP contribution in [0.25, 0.3) is 0 Å². The summed E-state index contributed by atoms with van der Waals surface area (Å²) >= 11 is 0. The molecule has 1 fully saturated rings. The number of likely N-dealkylation sites (tertiary alicyclic amines) is 1. The van der Waals surface area contributed by atoms with Gasteiger partial charge in [-0.1, -0.05) is 13.8 Å². The molecule has 4 N–H and O–H groups in total. The van der Waals surface area contributed by atoms with E-state index in [1.54, 1.807) is 4.90 Å². The largest absolute Gasteiger partial charge is 0.370 e. The van der Waals surface area contributed by atoms with Crippen LogP contribution in [0.1, 0.15) is 33.1 Å². The van der Waals surface area contributed by atoms with Crippen molar-refractivity contribution >= 4 is 11.8 Å². The summed E-state index contributed by atoms with van der Waals surface area (Å²) in [6, 6.07) is -0.525. The second kappa shape index (κ2) is 5.30. The molecule has 1 saturated heterocycles. The SMILES string of the molecule is CC(C)C1CCCN1C(=O)C(N)CC(N)=O. The van der Waals surface area contributed by atoms with E-state index in [0.29, 0.717) is 5.92 Å². The lowest BCUT2D eigenvalue weighted by atomic mass is 10.0. The Hall–Kier alpha value is -1.10. The van der Waals surface area contributed by atoms with E-state index >= 15 is 0 Å². The van der Waals surface area contributed by atoms with Crippen molar-refractivity contribution < 1.29 is 9.59 Å². The Kier molecular flexibility index (Phi) is 4.29. The van der Waals surface area contributed by atoms with Gasteiger partial charge in [0.2, 0.25) is 11.8 Å². The fourth-order valence-electron chi connectivity index (χ4n) is 2.28. The van der Waals surface area contributed by atoms with E-state index in [9.17, 15) is 9.59 Å². The van der Waals surface area contributed by atoms with Crippen LogP contribution in [0.15, 0.2) is 0 Å². The van der Waals surface area contributed by atoms with Gasteiger partial charge in [0, 0.05) is 12.6 Å². The summed E-state index contributed by atoms with van der Waals surface area (Å²) in [6.07, 6.45) is 1.96. The molecule has 2 atom stereocenters. The Morgan fingerprint density at radius 3 is 2.56 bits per heavy atom. The monoisotopic (exact) mass is 227 g/mol. The Morgan fingerprint density at radius 2 is 2.06 bits per heavy atom. The molecule has 5 nitrogen and oxygen atoms in total. The lowest BCUT2D eigenvalue weighted by molar-refractivity contribution is -0.136. The van der Waals surface area contributed by atoms with E-state index in [-0.39, 0.29) is 18.4 Å². The maximum absolute atomic E-state index is 12.0. The maximum Gasteiger partial charge on any atom is 0.240 e. The van der Waals surface area contributed by atoms with Crippen LogP contribution in [-0.4, -0.2) is 35.3 Å². The molecule has 1 aliphatic rings. The molecule has 1 aliphatic heterocycles. The molecule has 0 aromatic carbocycles. The van der Waals surface area contributed by atoms with Gasteiger partial charge in [-0.05, 0) is 18.8 Å². The fourth-order valence-corrected chi connectivity index (χ4v) is 2.28. The van der Waals surface area contributed by atoms with E-state index in [4.69, 9.17) is 11.5 Å². The molecule has 2 amide bonds. The predicted molar refractivity (Wildman–Crippen MR) is 61.4 cm³/mol. The first-order valence-electron chi connectivity index (χ1n) is 5.78. The van der Waals surface area contributed by atoms with Crippen molar-refractivity contribution in [3.05, 3.63) is 0 Å². The summed E-state index contributed by atoms with van der Waals surface area (Å²) in [5, 5.41) is 0. The summed E-state index contributed by atoms with van der Waals surface area (Å²) in [6.45, 7) is 4.93. The van der Waals surface area contributed by atoms with E-state index < -0.39 is 11.9 Å². The number of nitrogens with zero attached hydrogens (tertiary/aromatic N) is 1. The van der Waals surface area contributed by atoms with Crippen LogP contribution in [0.2, 0.25) is 0 Å².